The molecule has 0 aliphatic rings. The summed E-state index contributed by atoms with van der Waals surface area (Å²) in [5.41, 5.74) is 0.468. The first-order chi connectivity index (χ1) is 6.36. The molecule has 0 bridgehead atoms. The molecule has 0 radical (unpaired) electrons. The topological polar surface area (TPSA) is 71.4 Å². The van der Waals surface area contributed by atoms with Crippen molar-refractivity contribution < 1.29 is 17.8 Å². The molecular weight excluding hydrogens is 228 g/mol. The van der Waals surface area contributed by atoms with Gasteiger partial charge in [0.25, 0.3) is 10.1 Å². The highest BCUT2D eigenvalue weighted by Crippen LogP contribution is 2.23. The van der Waals surface area contributed by atoms with Crippen molar-refractivity contribution in [2.24, 2.45) is 0 Å². The zero-order valence-corrected chi connectivity index (χ0v) is 8.76. The molecule has 0 spiro atoms. The van der Waals surface area contributed by atoms with Gasteiger partial charge in [0.15, 0.2) is 6.29 Å². The maximum Gasteiger partial charge on any atom is 0.295 e. The first-order valence-electron chi connectivity index (χ1n) is 3.59. The van der Waals surface area contributed by atoms with E-state index in [-0.39, 0.29) is 10.6 Å². The van der Waals surface area contributed by atoms with E-state index in [0.29, 0.717) is 11.8 Å². The Labute approximate surface area is 86.3 Å². The Bertz CT molecular complexity index is 478. The van der Waals surface area contributed by atoms with Gasteiger partial charge < -0.3 is 0 Å². The number of hydrogen-bond acceptors (Lipinski definition) is 3. The third-order valence-corrected chi connectivity index (χ3v) is 3.01. The molecule has 1 aromatic rings. The standard InChI is InChI=1S/C8H7ClO4S/c1-5-2-6(4-10)8(3-7(5)9)14(11,12)13/h2-4H,1H3,(H,11,12,13). The quantitative estimate of drug-likeness (QED) is 0.625. The fourth-order valence-corrected chi connectivity index (χ4v) is 1.90. The second-order valence-electron chi connectivity index (χ2n) is 2.73. The van der Waals surface area contributed by atoms with Crippen LogP contribution in [0.25, 0.3) is 0 Å². The Balaban J connectivity index is 3.59. The van der Waals surface area contributed by atoms with E-state index >= 15 is 0 Å². The van der Waals surface area contributed by atoms with Crippen molar-refractivity contribution in [1.82, 2.24) is 0 Å². The van der Waals surface area contributed by atoms with E-state index in [2.05, 4.69) is 0 Å². The van der Waals surface area contributed by atoms with Gasteiger partial charge in [0.2, 0.25) is 0 Å². The summed E-state index contributed by atoms with van der Waals surface area (Å²) in [4.78, 5) is 10.0. The van der Waals surface area contributed by atoms with Crippen molar-refractivity contribution in [2.75, 3.05) is 0 Å². The molecule has 0 aliphatic heterocycles. The largest absolute Gasteiger partial charge is 0.298 e. The molecule has 0 saturated heterocycles. The summed E-state index contributed by atoms with van der Waals surface area (Å²) < 4.78 is 30.4. The zero-order chi connectivity index (χ0) is 10.9. The van der Waals surface area contributed by atoms with Crippen LogP contribution in [0, 0.1) is 6.92 Å². The van der Waals surface area contributed by atoms with Gasteiger partial charge in [0, 0.05) is 10.6 Å². The van der Waals surface area contributed by atoms with Crippen LogP contribution in [0.2, 0.25) is 5.02 Å². The number of aryl methyl sites for hydroxylation is 1. The monoisotopic (exact) mass is 234 g/mol. The first-order valence-corrected chi connectivity index (χ1v) is 5.41. The minimum absolute atomic E-state index is 0.102. The molecule has 0 saturated carbocycles. The molecule has 4 nitrogen and oxygen atoms in total. The molecule has 1 N–H and O–H groups in total. The maximum absolute atomic E-state index is 10.8. The Morgan fingerprint density at radius 1 is 1.43 bits per heavy atom. The summed E-state index contributed by atoms with van der Waals surface area (Å²) in [5.74, 6) is 0. The third-order valence-electron chi connectivity index (χ3n) is 1.70. The van der Waals surface area contributed by atoms with Crippen LogP contribution >= 0.6 is 11.6 Å². The summed E-state index contributed by atoms with van der Waals surface area (Å²) in [5, 5.41) is 0.184. The number of carbonyl (C=O) groups excluding carboxylic acids is 1. The summed E-state index contributed by atoms with van der Waals surface area (Å²) in [6.45, 7) is 1.63. The molecule has 0 aromatic heterocycles. The lowest BCUT2D eigenvalue weighted by atomic mass is 10.1. The number of hydrogen-bond donors (Lipinski definition) is 1. The highest BCUT2D eigenvalue weighted by Gasteiger charge is 2.16. The molecule has 14 heavy (non-hydrogen) atoms. The number of benzene rings is 1. The highest BCUT2D eigenvalue weighted by molar-refractivity contribution is 7.86. The smallest absolute Gasteiger partial charge is 0.295 e. The van der Waals surface area contributed by atoms with Crippen molar-refractivity contribution in [3.05, 3.63) is 28.3 Å². The molecule has 1 aromatic carbocycles. The molecule has 0 aliphatic carbocycles. The summed E-state index contributed by atoms with van der Waals surface area (Å²) in [6, 6.07) is 2.36. The van der Waals surface area contributed by atoms with E-state index in [1.165, 1.54) is 6.07 Å². The number of rotatable bonds is 2. The van der Waals surface area contributed by atoms with Gasteiger partial charge in [0.1, 0.15) is 4.90 Å². The average Bonchev–Trinajstić information content (AvgIpc) is 2.07. The van der Waals surface area contributed by atoms with Crippen LogP contribution in [0.1, 0.15) is 15.9 Å². The van der Waals surface area contributed by atoms with E-state index in [9.17, 15) is 13.2 Å². The van der Waals surface area contributed by atoms with E-state index in [1.54, 1.807) is 6.92 Å². The zero-order valence-electron chi connectivity index (χ0n) is 7.19. The van der Waals surface area contributed by atoms with E-state index in [4.69, 9.17) is 16.2 Å². The summed E-state index contributed by atoms with van der Waals surface area (Å²) in [6.07, 6.45) is 0.354. The van der Waals surface area contributed by atoms with Crippen LogP contribution in [0.5, 0.6) is 0 Å². The fraction of sp³-hybridized carbons (Fsp3) is 0.125. The number of aldehydes is 1. The molecule has 0 atom stereocenters. The van der Waals surface area contributed by atoms with Crippen LogP contribution in [0.3, 0.4) is 0 Å². The van der Waals surface area contributed by atoms with E-state index in [0.717, 1.165) is 6.07 Å². The predicted molar refractivity (Wildman–Crippen MR) is 51.4 cm³/mol. The van der Waals surface area contributed by atoms with Gasteiger partial charge in [-0.1, -0.05) is 11.6 Å². The molecule has 0 amide bonds. The second kappa shape index (κ2) is 3.68. The van der Waals surface area contributed by atoms with Gasteiger partial charge in [-0.05, 0) is 24.6 Å². The lowest BCUT2D eigenvalue weighted by Gasteiger charge is -2.04. The maximum atomic E-state index is 10.8. The minimum Gasteiger partial charge on any atom is -0.298 e. The van der Waals surface area contributed by atoms with Crippen LogP contribution < -0.4 is 0 Å². The lowest BCUT2D eigenvalue weighted by molar-refractivity contribution is 0.112. The van der Waals surface area contributed by atoms with Crippen LogP contribution in [-0.4, -0.2) is 19.3 Å². The first kappa shape index (κ1) is 11.2. The molecule has 0 unspecified atom stereocenters. The highest BCUT2D eigenvalue weighted by atomic mass is 35.5. The molecular formula is C8H7ClO4S. The van der Waals surface area contributed by atoms with Gasteiger partial charge in [-0.2, -0.15) is 8.42 Å². The van der Waals surface area contributed by atoms with Crippen molar-refractivity contribution >= 4 is 28.0 Å². The van der Waals surface area contributed by atoms with Crippen molar-refractivity contribution in [3.8, 4) is 0 Å². The fourth-order valence-electron chi connectivity index (χ4n) is 1.00. The predicted octanol–water partition coefficient (Wildman–Crippen LogP) is 1.71. The van der Waals surface area contributed by atoms with Gasteiger partial charge in [-0.25, -0.2) is 0 Å². The Morgan fingerprint density at radius 2 is 2.00 bits per heavy atom. The third kappa shape index (κ3) is 2.12. The molecule has 76 valence electrons. The van der Waals surface area contributed by atoms with Crippen molar-refractivity contribution in [1.29, 1.82) is 0 Å². The van der Waals surface area contributed by atoms with Crippen LogP contribution in [0.4, 0.5) is 0 Å². The van der Waals surface area contributed by atoms with E-state index < -0.39 is 15.0 Å². The molecule has 0 fully saturated rings. The minimum atomic E-state index is -4.40. The number of halogens is 1. The van der Waals surface area contributed by atoms with Crippen molar-refractivity contribution in [3.63, 3.8) is 0 Å². The lowest BCUT2D eigenvalue weighted by Crippen LogP contribution is -2.03. The Hall–Kier alpha value is -0.910. The van der Waals surface area contributed by atoms with Gasteiger partial charge in [-0.3, -0.25) is 9.35 Å². The summed E-state index contributed by atoms with van der Waals surface area (Å²) >= 11 is 5.66. The van der Waals surface area contributed by atoms with Crippen LogP contribution in [-0.2, 0) is 10.1 Å². The Morgan fingerprint density at radius 3 is 2.43 bits per heavy atom. The van der Waals surface area contributed by atoms with Crippen LogP contribution in [0.15, 0.2) is 17.0 Å². The Kier molecular flexibility index (Phi) is 2.94. The van der Waals surface area contributed by atoms with E-state index in [1.807, 2.05) is 0 Å². The number of carbonyl (C=O) groups is 1. The average molecular weight is 235 g/mol. The molecule has 0 heterocycles. The second-order valence-corrected chi connectivity index (χ2v) is 4.53. The normalized spacial score (nSPS) is 11.4. The summed E-state index contributed by atoms with van der Waals surface area (Å²) in [7, 11) is -4.40. The SMILES string of the molecule is Cc1cc(C=O)c(S(=O)(=O)O)cc1Cl. The van der Waals surface area contributed by atoms with Gasteiger partial charge in [0.05, 0.1) is 0 Å². The van der Waals surface area contributed by atoms with Crippen molar-refractivity contribution in [2.45, 2.75) is 11.8 Å². The van der Waals surface area contributed by atoms with Gasteiger partial charge >= 0.3 is 0 Å². The van der Waals surface area contributed by atoms with Gasteiger partial charge in [-0.15, -0.1) is 0 Å². The molecule has 1 rings (SSSR count). The molecule has 6 heteroatoms.